The minimum absolute atomic E-state index is 0.128. The van der Waals surface area contributed by atoms with E-state index in [-0.39, 0.29) is 11.9 Å². The number of halogens is 1. The van der Waals surface area contributed by atoms with Crippen LogP contribution in [0, 0.1) is 19.7 Å². The lowest BCUT2D eigenvalue weighted by atomic mass is 10.1. The summed E-state index contributed by atoms with van der Waals surface area (Å²) in [7, 11) is 0. The van der Waals surface area contributed by atoms with Crippen molar-refractivity contribution in [2.24, 2.45) is 0 Å². The first-order valence-electron chi connectivity index (χ1n) is 6.63. The zero-order valence-electron chi connectivity index (χ0n) is 11.7. The quantitative estimate of drug-likeness (QED) is 0.851. The van der Waals surface area contributed by atoms with Gasteiger partial charge in [-0.05, 0) is 62.1 Å². The average molecular weight is 257 g/mol. The van der Waals surface area contributed by atoms with E-state index in [0.717, 1.165) is 11.3 Å². The van der Waals surface area contributed by atoms with Crippen LogP contribution < -0.4 is 5.32 Å². The predicted molar refractivity (Wildman–Crippen MR) is 79.1 cm³/mol. The lowest BCUT2D eigenvalue weighted by Gasteiger charge is -2.16. The summed E-state index contributed by atoms with van der Waals surface area (Å²) in [4.78, 5) is 0. The zero-order valence-corrected chi connectivity index (χ0v) is 11.7. The van der Waals surface area contributed by atoms with Gasteiger partial charge in [0.25, 0.3) is 0 Å². The molecule has 0 amide bonds. The molecule has 0 saturated heterocycles. The van der Waals surface area contributed by atoms with Crippen LogP contribution in [-0.2, 0) is 6.42 Å². The molecular formula is C17H20FN. The van der Waals surface area contributed by atoms with Gasteiger partial charge >= 0.3 is 0 Å². The summed E-state index contributed by atoms with van der Waals surface area (Å²) < 4.78 is 13.6. The average Bonchev–Trinajstić information content (AvgIpc) is 2.30. The Morgan fingerprint density at radius 2 is 1.68 bits per heavy atom. The van der Waals surface area contributed by atoms with E-state index in [2.05, 4.69) is 44.3 Å². The molecule has 2 aromatic carbocycles. The van der Waals surface area contributed by atoms with E-state index in [1.165, 1.54) is 17.2 Å². The van der Waals surface area contributed by atoms with Gasteiger partial charge < -0.3 is 5.32 Å². The van der Waals surface area contributed by atoms with Crippen molar-refractivity contribution in [3.05, 3.63) is 65.0 Å². The van der Waals surface area contributed by atoms with Crippen molar-refractivity contribution in [2.45, 2.75) is 33.2 Å². The molecule has 0 fully saturated rings. The van der Waals surface area contributed by atoms with Gasteiger partial charge in [-0.3, -0.25) is 0 Å². The number of nitrogens with one attached hydrogen (secondary N) is 1. The van der Waals surface area contributed by atoms with Gasteiger partial charge in [-0.1, -0.05) is 24.3 Å². The van der Waals surface area contributed by atoms with Crippen LogP contribution in [0.3, 0.4) is 0 Å². The van der Waals surface area contributed by atoms with Crippen molar-refractivity contribution in [1.82, 2.24) is 0 Å². The summed E-state index contributed by atoms with van der Waals surface area (Å²) in [6, 6.07) is 13.5. The third-order valence-corrected chi connectivity index (χ3v) is 3.12. The van der Waals surface area contributed by atoms with E-state index in [1.54, 1.807) is 6.07 Å². The van der Waals surface area contributed by atoms with Crippen LogP contribution in [0.2, 0.25) is 0 Å². The van der Waals surface area contributed by atoms with Crippen molar-refractivity contribution in [3.63, 3.8) is 0 Å². The molecule has 0 radical (unpaired) electrons. The first kappa shape index (κ1) is 13.6. The normalized spacial score (nSPS) is 12.2. The van der Waals surface area contributed by atoms with Gasteiger partial charge in [0.15, 0.2) is 0 Å². The molecule has 1 nitrogen and oxygen atoms in total. The van der Waals surface area contributed by atoms with Gasteiger partial charge in [-0.15, -0.1) is 0 Å². The van der Waals surface area contributed by atoms with Crippen molar-refractivity contribution in [3.8, 4) is 0 Å². The summed E-state index contributed by atoms with van der Waals surface area (Å²) in [5.41, 5.74) is 4.33. The number of anilines is 1. The molecule has 0 spiro atoms. The Hall–Kier alpha value is -1.83. The van der Waals surface area contributed by atoms with Crippen molar-refractivity contribution in [1.29, 1.82) is 0 Å². The Bertz CT molecular complexity index is 543. The van der Waals surface area contributed by atoms with Crippen LogP contribution >= 0.6 is 0 Å². The van der Waals surface area contributed by atoms with Gasteiger partial charge in [-0.2, -0.15) is 0 Å². The molecule has 2 rings (SSSR count). The molecule has 19 heavy (non-hydrogen) atoms. The fourth-order valence-electron chi connectivity index (χ4n) is 2.39. The van der Waals surface area contributed by atoms with E-state index in [0.29, 0.717) is 6.42 Å². The Labute approximate surface area is 114 Å². The maximum absolute atomic E-state index is 13.6. The number of rotatable bonds is 4. The highest BCUT2D eigenvalue weighted by molar-refractivity contribution is 5.49. The summed E-state index contributed by atoms with van der Waals surface area (Å²) in [6.07, 6.45) is 0.680. The van der Waals surface area contributed by atoms with Gasteiger partial charge in [0.05, 0.1) is 0 Å². The van der Waals surface area contributed by atoms with Gasteiger partial charge in [0.1, 0.15) is 5.82 Å². The number of benzene rings is 2. The molecule has 0 heterocycles. The van der Waals surface area contributed by atoms with E-state index in [9.17, 15) is 4.39 Å². The predicted octanol–water partition coefficient (Wildman–Crippen LogP) is 4.49. The first-order valence-corrected chi connectivity index (χ1v) is 6.63. The van der Waals surface area contributed by atoms with Crippen LogP contribution in [-0.4, -0.2) is 6.04 Å². The van der Waals surface area contributed by atoms with E-state index >= 15 is 0 Å². The third-order valence-electron chi connectivity index (χ3n) is 3.12. The van der Waals surface area contributed by atoms with Crippen LogP contribution in [0.25, 0.3) is 0 Å². The van der Waals surface area contributed by atoms with Crippen LogP contribution in [0.15, 0.2) is 42.5 Å². The smallest absolute Gasteiger partial charge is 0.126 e. The molecule has 0 aliphatic carbocycles. The second-order valence-electron chi connectivity index (χ2n) is 5.22. The Kier molecular flexibility index (Phi) is 4.20. The molecule has 0 aliphatic heterocycles. The number of hydrogen-bond acceptors (Lipinski definition) is 1. The SMILES string of the molecule is Cc1cc(C)cc(NC(C)Cc2ccccc2F)c1. The van der Waals surface area contributed by atoms with E-state index in [4.69, 9.17) is 0 Å². The Morgan fingerprint density at radius 3 is 2.32 bits per heavy atom. The second-order valence-corrected chi connectivity index (χ2v) is 5.22. The van der Waals surface area contributed by atoms with Crippen molar-refractivity contribution in [2.75, 3.05) is 5.32 Å². The standard InChI is InChI=1S/C17H20FN/c1-12-8-13(2)10-16(9-12)19-14(3)11-15-6-4-5-7-17(15)18/h4-10,14,19H,11H2,1-3H3. The summed E-state index contributed by atoms with van der Waals surface area (Å²) >= 11 is 0. The zero-order chi connectivity index (χ0) is 13.8. The largest absolute Gasteiger partial charge is 0.382 e. The first-order chi connectivity index (χ1) is 9.04. The van der Waals surface area contributed by atoms with Gasteiger partial charge in [0.2, 0.25) is 0 Å². The monoisotopic (exact) mass is 257 g/mol. The minimum atomic E-state index is -0.128. The fourth-order valence-corrected chi connectivity index (χ4v) is 2.39. The molecule has 0 bridgehead atoms. The lowest BCUT2D eigenvalue weighted by molar-refractivity contribution is 0.601. The molecule has 100 valence electrons. The van der Waals surface area contributed by atoms with E-state index < -0.39 is 0 Å². The molecule has 0 aliphatic rings. The maximum atomic E-state index is 13.6. The number of aryl methyl sites for hydroxylation is 2. The summed E-state index contributed by atoms with van der Waals surface area (Å²) in [6.45, 7) is 6.24. The van der Waals surface area contributed by atoms with Crippen LogP contribution in [0.1, 0.15) is 23.6 Å². The molecule has 1 atom stereocenters. The second kappa shape index (κ2) is 5.87. The summed E-state index contributed by atoms with van der Waals surface area (Å²) in [5.74, 6) is -0.128. The third kappa shape index (κ3) is 3.82. The molecule has 2 aromatic rings. The minimum Gasteiger partial charge on any atom is -0.382 e. The molecule has 1 N–H and O–H groups in total. The Morgan fingerprint density at radius 1 is 1.05 bits per heavy atom. The fraction of sp³-hybridized carbons (Fsp3) is 0.294. The van der Waals surface area contributed by atoms with Crippen molar-refractivity contribution >= 4 is 5.69 Å². The molecule has 0 aromatic heterocycles. The molecule has 0 saturated carbocycles. The lowest BCUT2D eigenvalue weighted by Crippen LogP contribution is -2.18. The topological polar surface area (TPSA) is 12.0 Å². The van der Waals surface area contributed by atoms with Crippen molar-refractivity contribution < 1.29 is 4.39 Å². The molecule has 2 heteroatoms. The number of hydrogen-bond donors (Lipinski definition) is 1. The highest BCUT2D eigenvalue weighted by atomic mass is 19.1. The molecular weight excluding hydrogens is 237 g/mol. The van der Waals surface area contributed by atoms with Gasteiger partial charge in [-0.25, -0.2) is 4.39 Å². The highest BCUT2D eigenvalue weighted by Crippen LogP contribution is 2.17. The summed E-state index contributed by atoms with van der Waals surface area (Å²) in [5, 5.41) is 3.43. The highest BCUT2D eigenvalue weighted by Gasteiger charge is 2.07. The van der Waals surface area contributed by atoms with Gasteiger partial charge in [0, 0.05) is 11.7 Å². The van der Waals surface area contributed by atoms with E-state index in [1.807, 2.05) is 12.1 Å². The molecule has 1 unspecified atom stereocenters. The maximum Gasteiger partial charge on any atom is 0.126 e. The van der Waals surface area contributed by atoms with Crippen LogP contribution in [0.4, 0.5) is 10.1 Å². The Balaban J connectivity index is 2.05. The van der Waals surface area contributed by atoms with Crippen LogP contribution in [0.5, 0.6) is 0 Å².